The van der Waals surface area contributed by atoms with Crippen LogP contribution in [0.15, 0.2) is 15.5 Å². The summed E-state index contributed by atoms with van der Waals surface area (Å²) in [6, 6.07) is 0. The third kappa shape index (κ3) is 3.39. The summed E-state index contributed by atoms with van der Waals surface area (Å²) in [6.07, 6.45) is 3.88. The third-order valence-corrected chi connectivity index (χ3v) is 4.51. The van der Waals surface area contributed by atoms with Crippen LogP contribution in [-0.4, -0.2) is 43.1 Å². The number of hydrogen-bond acceptors (Lipinski definition) is 5. The van der Waals surface area contributed by atoms with Crippen molar-refractivity contribution in [1.29, 1.82) is 0 Å². The molecule has 1 aliphatic heterocycles. The topological polar surface area (TPSA) is 73.4 Å². The van der Waals surface area contributed by atoms with Gasteiger partial charge in [0.15, 0.2) is 0 Å². The maximum absolute atomic E-state index is 12.2. The van der Waals surface area contributed by atoms with Gasteiger partial charge in [-0.15, -0.1) is 0 Å². The number of nitrogens with two attached hydrogens (primary N) is 1. The first-order chi connectivity index (χ1) is 9.67. The molecule has 0 saturated carbocycles. The van der Waals surface area contributed by atoms with Crippen LogP contribution in [0, 0.1) is 5.92 Å². The zero-order valence-corrected chi connectivity index (χ0v) is 13.3. The molecule has 0 aromatic carbocycles. The molecule has 0 amide bonds. The van der Waals surface area contributed by atoms with Gasteiger partial charge in [-0.3, -0.25) is 4.79 Å². The monoisotopic (exact) mass is 344 g/mol. The van der Waals surface area contributed by atoms with E-state index in [1.165, 1.54) is 4.68 Å². The molecule has 2 heterocycles. The molecule has 0 spiro atoms. The molecule has 2 N–H and O–H groups in total. The Bertz CT molecular complexity index is 498. The van der Waals surface area contributed by atoms with E-state index >= 15 is 0 Å². The fraction of sp³-hybridized carbons (Fsp3) is 0.692. The minimum Gasteiger partial charge on any atom is -0.383 e. The van der Waals surface area contributed by atoms with E-state index in [1.54, 1.807) is 13.3 Å². The summed E-state index contributed by atoms with van der Waals surface area (Å²) in [5.41, 5.74) is 6.47. The summed E-state index contributed by atoms with van der Waals surface area (Å²) >= 11 is 3.41. The quantitative estimate of drug-likeness (QED) is 0.856. The normalized spacial score (nSPS) is 16.6. The molecule has 1 aromatic heterocycles. The number of hydrogen-bond donors (Lipinski definition) is 1. The Hall–Kier alpha value is -0.920. The lowest BCUT2D eigenvalue weighted by molar-refractivity contribution is 0.181. The first kappa shape index (κ1) is 15.5. The molecule has 20 heavy (non-hydrogen) atoms. The average Bonchev–Trinajstić information content (AvgIpc) is 2.49. The zero-order chi connectivity index (χ0) is 14.5. The Labute approximate surface area is 127 Å². The van der Waals surface area contributed by atoms with E-state index < -0.39 is 0 Å². The molecule has 0 unspecified atom stereocenters. The average molecular weight is 345 g/mol. The first-order valence-electron chi connectivity index (χ1n) is 6.87. The van der Waals surface area contributed by atoms with Crippen LogP contribution < -0.4 is 16.2 Å². The van der Waals surface area contributed by atoms with Crippen molar-refractivity contribution in [3.8, 4) is 0 Å². The maximum atomic E-state index is 12.2. The van der Waals surface area contributed by atoms with Crippen molar-refractivity contribution in [3.63, 3.8) is 0 Å². The summed E-state index contributed by atoms with van der Waals surface area (Å²) in [6.45, 7) is 3.52. The van der Waals surface area contributed by atoms with Gasteiger partial charge in [0.1, 0.15) is 4.47 Å². The molecule has 1 saturated heterocycles. The van der Waals surface area contributed by atoms with E-state index in [2.05, 4.69) is 25.9 Å². The van der Waals surface area contributed by atoms with Crippen LogP contribution in [0.3, 0.4) is 0 Å². The molecule has 0 atom stereocenters. The van der Waals surface area contributed by atoms with Crippen molar-refractivity contribution in [2.75, 3.05) is 38.3 Å². The van der Waals surface area contributed by atoms with E-state index in [9.17, 15) is 4.79 Å². The van der Waals surface area contributed by atoms with Crippen LogP contribution in [0.25, 0.3) is 0 Å². The van der Waals surface area contributed by atoms with Crippen LogP contribution in [-0.2, 0) is 11.3 Å². The van der Waals surface area contributed by atoms with Gasteiger partial charge >= 0.3 is 0 Å². The zero-order valence-electron chi connectivity index (χ0n) is 11.7. The first-order valence-corrected chi connectivity index (χ1v) is 7.66. The number of halogens is 1. The second kappa shape index (κ2) is 7.19. The molecular formula is C13H21BrN4O2. The molecular weight excluding hydrogens is 324 g/mol. The lowest BCUT2D eigenvalue weighted by Crippen LogP contribution is -2.38. The van der Waals surface area contributed by atoms with E-state index in [-0.39, 0.29) is 5.56 Å². The number of rotatable bonds is 5. The second-order valence-electron chi connectivity index (χ2n) is 5.03. The lowest BCUT2D eigenvalue weighted by atomic mass is 9.97. The van der Waals surface area contributed by atoms with Gasteiger partial charge in [0, 0.05) is 20.2 Å². The fourth-order valence-electron chi connectivity index (χ4n) is 2.42. The Kier molecular flexibility index (Phi) is 5.56. The number of ether oxygens (including phenoxy) is 1. The summed E-state index contributed by atoms with van der Waals surface area (Å²) in [4.78, 5) is 14.4. The molecule has 112 valence electrons. The molecule has 6 nitrogen and oxygen atoms in total. The molecule has 0 aliphatic carbocycles. The summed E-state index contributed by atoms with van der Waals surface area (Å²) < 4.78 is 6.97. The Balaban J connectivity index is 2.13. The smallest absolute Gasteiger partial charge is 0.283 e. The SMILES string of the molecule is COCCn1ncc(N2CCC(CN)CC2)c(Br)c1=O. The molecule has 1 aliphatic rings. The van der Waals surface area contributed by atoms with Crippen LogP contribution in [0.1, 0.15) is 12.8 Å². The largest absolute Gasteiger partial charge is 0.383 e. The van der Waals surface area contributed by atoms with Gasteiger partial charge in [-0.1, -0.05) is 0 Å². The molecule has 0 radical (unpaired) electrons. The predicted octanol–water partition coefficient (Wildman–Crippen LogP) is 0.827. The second-order valence-corrected chi connectivity index (χ2v) is 5.82. The summed E-state index contributed by atoms with van der Waals surface area (Å²) in [7, 11) is 1.61. The highest BCUT2D eigenvalue weighted by molar-refractivity contribution is 9.10. The van der Waals surface area contributed by atoms with Gasteiger partial charge in [-0.05, 0) is 41.2 Å². The standard InChI is InChI=1S/C13H21BrN4O2/c1-20-7-6-18-13(19)12(14)11(9-16-18)17-4-2-10(8-15)3-5-17/h9-10H,2-8,15H2,1H3. The van der Waals surface area contributed by atoms with Crippen LogP contribution in [0.4, 0.5) is 5.69 Å². The molecule has 0 bridgehead atoms. The Morgan fingerprint density at radius 2 is 2.20 bits per heavy atom. The third-order valence-electron chi connectivity index (χ3n) is 3.76. The number of nitrogens with zero attached hydrogens (tertiary/aromatic N) is 3. The number of piperidine rings is 1. The number of anilines is 1. The highest BCUT2D eigenvalue weighted by Crippen LogP contribution is 2.26. The van der Waals surface area contributed by atoms with Crippen molar-refractivity contribution in [2.24, 2.45) is 11.7 Å². The van der Waals surface area contributed by atoms with Crippen LogP contribution >= 0.6 is 15.9 Å². The van der Waals surface area contributed by atoms with Gasteiger partial charge in [-0.2, -0.15) is 5.10 Å². The minimum atomic E-state index is -0.111. The molecule has 1 fully saturated rings. The van der Waals surface area contributed by atoms with Crippen LogP contribution in [0.5, 0.6) is 0 Å². The van der Waals surface area contributed by atoms with Gasteiger partial charge in [0.25, 0.3) is 5.56 Å². The van der Waals surface area contributed by atoms with Gasteiger partial charge in [0.2, 0.25) is 0 Å². The van der Waals surface area contributed by atoms with E-state index in [1.807, 2.05) is 0 Å². The number of aromatic nitrogens is 2. The minimum absolute atomic E-state index is 0.111. The molecule has 7 heteroatoms. The van der Waals surface area contributed by atoms with Gasteiger partial charge in [-0.25, -0.2) is 4.68 Å². The lowest BCUT2D eigenvalue weighted by Gasteiger charge is -2.33. The predicted molar refractivity (Wildman–Crippen MR) is 82.1 cm³/mol. The summed E-state index contributed by atoms with van der Waals surface area (Å²) in [5.74, 6) is 0.597. The van der Waals surface area contributed by atoms with E-state index in [0.29, 0.717) is 23.5 Å². The van der Waals surface area contributed by atoms with Crippen molar-refractivity contribution >= 4 is 21.6 Å². The van der Waals surface area contributed by atoms with Gasteiger partial charge in [0.05, 0.1) is 25.0 Å². The Morgan fingerprint density at radius 3 is 2.80 bits per heavy atom. The fourth-order valence-corrected chi connectivity index (χ4v) is 2.98. The van der Waals surface area contributed by atoms with Gasteiger partial charge < -0.3 is 15.4 Å². The van der Waals surface area contributed by atoms with Crippen molar-refractivity contribution in [3.05, 3.63) is 21.0 Å². The van der Waals surface area contributed by atoms with Crippen molar-refractivity contribution < 1.29 is 4.74 Å². The molecule has 2 rings (SSSR count). The van der Waals surface area contributed by atoms with Crippen LogP contribution in [0.2, 0.25) is 0 Å². The number of methoxy groups -OCH3 is 1. The van der Waals surface area contributed by atoms with Crippen molar-refractivity contribution in [2.45, 2.75) is 19.4 Å². The van der Waals surface area contributed by atoms with E-state index in [0.717, 1.165) is 38.2 Å². The highest BCUT2D eigenvalue weighted by atomic mass is 79.9. The van der Waals surface area contributed by atoms with Crippen molar-refractivity contribution in [1.82, 2.24) is 9.78 Å². The molecule has 1 aromatic rings. The highest BCUT2D eigenvalue weighted by Gasteiger charge is 2.21. The Morgan fingerprint density at radius 1 is 1.50 bits per heavy atom. The maximum Gasteiger partial charge on any atom is 0.283 e. The summed E-state index contributed by atoms with van der Waals surface area (Å²) in [5, 5.41) is 4.22. The van der Waals surface area contributed by atoms with E-state index in [4.69, 9.17) is 10.5 Å².